The highest BCUT2D eigenvalue weighted by molar-refractivity contribution is 6.33. The van der Waals surface area contributed by atoms with Crippen molar-refractivity contribution in [3.63, 3.8) is 0 Å². The summed E-state index contributed by atoms with van der Waals surface area (Å²) in [4.78, 5) is 3.96. The molecule has 17 heavy (non-hydrogen) atoms. The lowest BCUT2D eigenvalue weighted by molar-refractivity contribution is 1.32. The van der Waals surface area contributed by atoms with Crippen LogP contribution in [0.25, 0.3) is 0 Å². The van der Waals surface area contributed by atoms with Gasteiger partial charge in [-0.1, -0.05) is 11.6 Å². The first-order valence-corrected chi connectivity index (χ1v) is 5.24. The molecular weight excluding hydrogens is 236 g/mol. The van der Waals surface area contributed by atoms with Crippen LogP contribution in [0.15, 0.2) is 36.7 Å². The zero-order chi connectivity index (χ0) is 12.3. The summed E-state index contributed by atoms with van der Waals surface area (Å²) in [6, 6.07) is 8.79. The second kappa shape index (κ2) is 4.73. The van der Waals surface area contributed by atoms with Crippen LogP contribution in [0.4, 0.5) is 17.1 Å². The summed E-state index contributed by atoms with van der Waals surface area (Å²) in [5.74, 6) is 0. The number of rotatable bonds is 2. The Morgan fingerprint density at radius 3 is 2.82 bits per heavy atom. The molecule has 2 rings (SSSR count). The van der Waals surface area contributed by atoms with Gasteiger partial charge in [-0.25, -0.2) is 0 Å². The maximum Gasteiger partial charge on any atom is 0.0992 e. The van der Waals surface area contributed by atoms with Gasteiger partial charge in [0.2, 0.25) is 0 Å². The Morgan fingerprint density at radius 2 is 2.12 bits per heavy atom. The van der Waals surface area contributed by atoms with E-state index in [1.54, 1.807) is 36.7 Å². The molecule has 0 spiro atoms. The highest BCUT2D eigenvalue weighted by Gasteiger charge is 2.03. The number of anilines is 3. The van der Waals surface area contributed by atoms with E-state index in [2.05, 4.69) is 16.4 Å². The van der Waals surface area contributed by atoms with Gasteiger partial charge in [0.15, 0.2) is 0 Å². The van der Waals surface area contributed by atoms with Crippen LogP contribution < -0.4 is 11.1 Å². The molecule has 0 saturated carbocycles. The second-order valence-corrected chi connectivity index (χ2v) is 3.85. The fraction of sp³-hybridized carbons (Fsp3) is 0. The molecule has 0 amide bonds. The Balaban J connectivity index is 2.33. The van der Waals surface area contributed by atoms with Gasteiger partial charge < -0.3 is 11.1 Å². The van der Waals surface area contributed by atoms with Crippen LogP contribution >= 0.6 is 11.6 Å². The molecule has 1 aromatic carbocycles. The fourth-order valence-electron chi connectivity index (χ4n) is 1.37. The third kappa shape index (κ3) is 2.65. The molecule has 3 N–H and O–H groups in total. The minimum atomic E-state index is 0.534. The molecule has 0 unspecified atom stereocenters. The van der Waals surface area contributed by atoms with Gasteiger partial charge in [-0.2, -0.15) is 5.26 Å². The zero-order valence-electron chi connectivity index (χ0n) is 8.81. The van der Waals surface area contributed by atoms with Crippen LogP contribution in [0, 0.1) is 11.3 Å². The zero-order valence-corrected chi connectivity index (χ0v) is 9.57. The van der Waals surface area contributed by atoms with Gasteiger partial charge in [-0.05, 0) is 24.3 Å². The van der Waals surface area contributed by atoms with Crippen LogP contribution in [0.5, 0.6) is 0 Å². The first-order chi connectivity index (χ1) is 8.19. The van der Waals surface area contributed by atoms with Crippen molar-refractivity contribution in [2.24, 2.45) is 0 Å². The van der Waals surface area contributed by atoms with Gasteiger partial charge in [-0.15, -0.1) is 0 Å². The van der Waals surface area contributed by atoms with Gasteiger partial charge in [-0.3, -0.25) is 4.98 Å². The molecule has 5 heteroatoms. The SMILES string of the molecule is N#Cc1ccc(Cl)c(Nc2cncc(N)c2)c1. The van der Waals surface area contributed by atoms with Crippen molar-refractivity contribution < 1.29 is 0 Å². The number of benzene rings is 1. The molecule has 0 aliphatic heterocycles. The number of pyridine rings is 1. The molecule has 0 bridgehead atoms. The van der Waals surface area contributed by atoms with E-state index in [4.69, 9.17) is 22.6 Å². The van der Waals surface area contributed by atoms with Crippen molar-refractivity contribution >= 4 is 28.7 Å². The maximum absolute atomic E-state index is 8.81. The van der Waals surface area contributed by atoms with Crippen LogP contribution in [0.2, 0.25) is 5.02 Å². The molecule has 0 fully saturated rings. The van der Waals surface area contributed by atoms with Crippen molar-refractivity contribution in [1.29, 1.82) is 5.26 Å². The second-order valence-electron chi connectivity index (χ2n) is 3.44. The number of aromatic nitrogens is 1. The van der Waals surface area contributed by atoms with E-state index in [0.717, 1.165) is 5.69 Å². The van der Waals surface area contributed by atoms with E-state index in [-0.39, 0.29) is 0 Å². The topological polar surface area (TPSA) is 74.7 Å². The summed E-state index contributed by atoms with van der Waals surface area (Å²) in [7, 11) is 0. The molecule has 0 radical (unpaired) electrons. The van der Waals surface area contributed by atoms with Gasteiger partial charge in [0.25, 0.3) is 0 Å². The Hall–Kier alpha value is -2.25. The largest absolute Gasteiger partial charge is 0.397 e. The smallest absolute Gasteiger partial charge is 0.0992 e. The number of nitrogen functional groups attached to an aromatic ring is 1. The monoisotopic (exact) mass is 244 g/mol. The lowest BCUT2D eigenvalue weighted by Gasteiger charge is -2.08. The summed E-state index contributed by atoms with van der Waals surface area (Å²) >= 11 is 6.02. The van der Waals surface area contributed by atoms with Crippen molar-refractivity contribution in [3.05, 3.63) is 47.2 Å². The van der Waals surface area contributed by atoms with Crippen LogP contribution in [-0.2, 0) is 0 Å². The number of nitrogens with zero attached hydrogens (tertiary/aromatic N) is 2. The summed E-state index contributed by atoms with van der Waals surface area (Å²) in [5.41, 5.74) is 8.09. The van der Waals surface area contributed by atoms with E-state index in [0.29, 0.717) is 22.0 Å². The molecule has 1 heterocycles. The third-order valence-corrected chi connectivity index (χ3v) is 2.46. The number of nitriles is 1. The Morgan fingerprint density at radius 1 is 1.29 bits per heavy atom. The van der Waals surface area contributed by atoms with Crippen LogP contribution in [-0.4, -0.2) is 4.98 Å². The maximum atomic E-state index is 8.81. The van der Waals surface area contributed by atoms with Gasteiger partial charge in [0.05, 0.1) is 39.9 Å². The van der Waals surface area contributed by atoms with E-state index in [1.165, 1.54) is 0 Å². The average Bonchev–Trinajstić information content (AvgIpc) is 2.32. The van der Waals surface area contributed by atoms with Crippen molar-refractivity contribution in [2.45, 2.75) is 0 Å². The Labute approximate surface area is 104 Å². The third-order valence-electron chi connectivity index (χ3n) is 2.13. The molecule has 0 atom stereocenters. The average molecular weight is 245 g/mol. The fourth-order valence-corrected chi connectivity index (χ4v) is 1.54. The lowest BCUT2D eigenvalue weighted by atomic mass is 10.2. The van der Waals surface area contributed by atoms with Crippen LogP contribution in [0.1, 0.15) is 5.56 Å². The molecule has 0 aliphatic carbocycles. The normalized spacial score (nSPS) is 9.65. The minimum absolute atomic E-state index is 0.534. The highest BCUT2D eigenvalue weighted by Crippen LogP contribution is 2.26. The summed E-state index contributed by atoms with van der Waals surface area (Å²) in [5, 5.41) is 12.4. The van der Waals surface area contributed by atoms with Gasteiger partial charge in [0, 0.05) is 6.20 Å². The van der Waals surface area contributed by atoms with E-state index in [9.17, 15) is 0 Å². The van der Waals surface area contributed by atoms with E-state index >= 15 is 0 Å². The molecular formula is C12H9ClN4. The molecule has 4 nitrogen and oxygen atoms in total. The number of hydrogen-bond acceptors (Lipinski definition) is 4. The Bertz CT molecular complexity index is 589. The van der Waals surface area contributed by atoms with Crippen molar-refractivity contribution in [3.8, 4) is 6.07 Å². The first kappa shape index (κ1) is 11.2. The number of hydrogen-bond donors (Lipinski definition) is 2. The van der Waals surface area contributed by atoms with Crippen molar-refractivity contribution in [2.75, 3.05) is 11.1 Å². The summed E-state index contributed by atoms with van der Waals surface area (Å²) in [6.45, 7) is 0. The number of nitrogens with two attached hydrogens (primary N) is 1. The molecule has 0 aliphatic rings. The van der Waals surface area contributed by atoms with E-state index < -0.39 is 0 Å². The van der Waals surface area contributed by atoms with Crippen molar-refractivity contribution in [1.82, 2.24) is 4.98 Å². The number of nitrogens with one attached hydrogen (secondary N) is 1. The first-order valence-electron chi connectivity index (χ1n) is 4.86. The lowest BCUT2D eigenvalue weighted by Crippen LogP contribution is -1.94. The van der Waals surface area contributed by atoms with Gasteiger partial charge in [0.1, 0.15) is 0 Å². The molecule has 84 valence electrons. The van der Waals surface area contributed by atoms with Crippen LogP contribution in [0.3, 0.4) is 0 Å². The molecule has 1 aromatic heterocycles. The highest BCUT2D eigenvalue weighted by atomic mass is 35.5. The Kier molecular flexibility index (Phi) is 3.12. The predicted octanol–water partition coefficient (Wildman–Crippen LogP) is 2.93. The van der Waals surface area contributed by atoms with Gasteiger partial charge >= 0.3 is 0 Å². The summed E-state index contributed by atoms with van der Waals surface area (Å²) in [6.07, 6.45) is 3.18. The molecule has 0 saturated heterocycles. The summed E-state index contributed by atoms with van der Waals surface area (Å²) < 4.78 is 0. The quantitative estimate of drug-likeness (QED) is 0.852. The van der Waals surface area contributed by atoms with E-state index in [1.807, 2.05) is 0 Å². The standard InChI is InChI=1S/C12H9ClN4/c13-11-2-1-8(5-14)3-12(11)17-10-4-9(15)6-16-7-10/h1-4,6-7,17H,15H2. The number of halogens is 1. The predicted molar refractivity (Wildman–Crippen MR) is 68.1 cm³/mol. The minimum Gasteiger partial charge on any atom is -0.397 e. The molecule has 2 aromatic rings.